The molecule has 3 N–H and O–H groups in total. The topological polar surface area (TPSA) is 85.8 Å². The Labute approximate surface area is 140 Å². The number of aliphatic imine (C=N–C) groups is 1. The second-order valence-corrected chi connectivity index (χ2v) is 8.39. The highest BCUT2D eigenvalue weighted by atomic mass is 32.2. The number of guanidine groups is 1. The van der Waals surface area contributed by atoms with Crippen LogP contribution in [0.15, 0.2) is 4.99 Å². The number of nitrogens with one attached hydrogen (secondary N) is 3. The van der Waals surface area contributed by atoms with Crippen molar-refractivity contribution < 1.29 is 8.42 Å². The van der Waals surface area contributed by atoms with Crippen LogP contribution in [0, 0.1) is 0 Å². The maximum atomic E-state index is 11.0. The SMILES string of the molecule is CN=C(NCCNS(C)(=O)=O)NC1CCN(C2CCCC2)CC1. The number of sulfonamides is 1. The number of hydrogen-bond donors (Lipinski definition) is 3. The van der Waals surface area contributed by atoms with Crippen LogP contribution in [0.4, 0.5) is 0 Å². The molecule has 23 heavy (non-hydrogen) atoms. The second-order valence-electron chi connectivity index (χ2n) is 6.56. The van der Waals surface area contributed by atoms with E-state index in [1.54, 1.807) is 7.05 Å². The quantitative estimate of drug-likeness (QED) is 0.361. The van der Waals surface area contributed by atoms with E-state index < -0.39 is 10.0 Å². The molecule has 0 bridgehead atoms. The fourth-order valence-electron chi connectivity index (χ4n) is 3.48. The van der Waals surface area contributed by atoms with Gasteiger partial charge in [0.05, 0.1) is 6.26 Å². The zero-order valence-electron chi connectivity index (χ0n) is 14.3. The Morgan fingerprint density at radius 1 is 1.13 bits per heavy atom. The normalized spacial score (nSPS) is 22.4. The summed E-state index contributed by atoms with van der Waals surface area (Å²) in [7, 11) is -1.38. The van der Waals surface area contributed by atoms with E-state index in [-0.39, 0.29) is 0 Å². The number of nitrogens with zero attached hydrogens (tertiary/aromatic N) is 2. The predicted octanol–water partition coefficient (Wildman–Crippen LogP) is 0.108. The molecular formula is C15H31N5O2S. The van der Waals surface area contributed by atoms with Gasteiger partial charge in [0.25, 0.3) is 0 Å². The van der Waals surface area contributed by atoms with Crippen molar-refractivity contribution in [3.05, 3.63) is 0 Å². The summed E-state index contributed by atoms with van der Waals surface area (Å²) in [5.74, 6) is 0.750. The number of piperidine rings is 1. The van der Waals surface area contributed by atoms with Gasteiger partial charge in [-0.3, -0.25) is 4.99 Å². The van der Waals surface area contributed by atoms with Gasteiger partial charge in [0, 0.05) is 45.3 Å². The van der Waals surface area contributed by atoms with Gasteiger partial charge < -0.3 is 15.5 Å². The Bertz CT molecular complexity index is 480. The molecule has 0 aromatic carbocycles. The maximum absolute atomic E-state index is 11.0. The van der Waals surface area contributed by atoms with Gasteiger partial charge >= 0.3 is 0 Å². The van der Waals surface area contributed by atoms with Gasteiger partial charge in [0.2, 0.25) is 10.0 Å². The van der Waals surface area contributed by atoms with Crippen LogP contribution in [0.5, 0.6) is 0 Å². The third-order valence-corrected chi connectivity index (χ3v) is 5.45. The molecule has 1 saturated heterocycles. The standard InChI is InChI=1S/C15H31N5O2S/c1-16-15(17-9-10-18-23(2,21)22)19-13-7-11-20(12-8-13)14-5-3-4-6-14/h13-14,18H,3-12H2,1-2H3,(H2,16,17,19). The van der Waals surface area contributed by atoms with Crippen LogP contribution in [0.2, 0.25) is 0 Å². The van der Waals surface area contributed by atoms with Gasteiger partial charge in [-0.05, 0) is 25.7 Å². The van der Waals surface area contributed by atoms with Crippen molar-refractivity contribution in [2.45, 2.75) is 50.6 Å². The maximum Gasteiger partial charge on any atom is 0.208 e. The van der Waals surface area contributed by atoms with E-state index >= 15 is 0 Å². The largest absolute Gasteiger partial charge is 0.355 e. The first-order valence-electron chi connectivity index (χ1n) is 8.64. The number of likely N-dealkylation sites (tertiary alicyclic amines) is 1. The predicted molar refractivity (Wildman–Crippen MR) is 94.2 cm³/mol. The third kappa shape index (κ3) is 6.64. The van der Waals surface area contributed by atoms with Gasteiger partial charge in [-0.2, -0.15) is 0 Å². The molecule has 8 heteroatoms. The smallest absolute Gasteiger partial charge is 0.208 e. The van der Waals surface area contributed by atoms with E-state index in [2.05, 4.69) is 25.2 Å². The van der Waals surface area contributed by atoms with Crippen molar-refractivity contribution in [2.75, 3.05) is 39.5 Å². The lowest BCUT2D eigenvalue weighted by Crippen LogP contribution is -2.51. The molecule has 0 atom stereocenters. The first kappa shape index (κ1) is 18.5. The number of hydrogen-bond acceptors (Lipinski definition) is 4. The van der Waals surface area contributed by atoms with Crippen molar-refractivity contribution in [2.24, 2.45) is 4.99 Å². The summed E-state index contributed by atoms with van der Waals surface area (Å²) < 4.78 is 24.5. The van der Waals surface area contributed by atoms with E-state index in [4.69, 9.17) is 0 Å². The molecule has 0 aromatic heterocycles. The molecule has 0 amide bonds. The van der Waals surface area contributed by atoms with Gasteiger partial charge in [0.1, 0.15) is 0 Å². The van der Waals surface area contributed by atoms with Crippen LogP contribution in [-0.2, 0) is 10.0 Å². The Balaban J connectivity index is 1.65. The molecule has 0 spiro atoms. The lowest BCUT2D eigenvalue weighted by molar-refractivity contribution is 0.150. The Hall–Kier alpha value is -0.860. The molecule has 134 valence electrons. The summed E-state index contributed by atoms with van der Waals surface area (Å²) in [4.78, 5) is 6.87. The molecule has 2 rings (SSSR count). The highest BCUT2D eigenvalue weighted by Crippen LogP contribution is 2.26. The summed E-state index contributed by atoms with van der Waals surface area (Å²) in [6.07, 6.45) is 8.96. The summed E-state index contributed by atoms with van der Waals surface area (Å²) in [6, 6.07) is 1.26. The molecule has 7 nitrogen and oxygen atoms in total. The number of rotatable bonds is 6. The molecule has 1 saturated carbocycles. The highest BCUT2D eigenvalue weighted by Gasteiger charge is 2.27. The van der Waals surface area contributed by atoms with Crippen LogP contribution in [-0.4, -0.2) is 70.8 Å². The molecule has 0 aromatic rings. The fraction of sp³-hybridized carbons (Fsp3) is 0.933. The van der Waals surface area contributed by atoms with Crippen molar-refractivity contribution >= 4 is 16.0 Å². The zero-order chi connectivity index (χ0) is 16.7. The zero-order valence-corrected chi connectivity index (χ0v) is 15.2. The minimum atomic E-state index is -3.13. The van der Waals surface area contributed by atoms with Crippen molar-refractivity contribution in [1.29, 1.82) is 0 Å². The van der Waals surface area contributed by atoms with Crippen LogP contribution >= 0.6 is 0 Å². The van der Waals surface area contributed by atoms with E-state index in [1.165, 1.54) is 25.7 Å². The highest BCUT2D eigenvalue weighted by molar-refractivity contribution is 7.88. The van der Waals surface area contributed by atoms with Gasteiger partial charge in [-0.15, -0.1) is 0 Å². The van der Waals surface area contributed by atoms with E-state index in [0.717, 1.165) is 44.2 Å². The fourth-order valence-corrected chi connectivity index (χ4v) is 3.96. The van der Waals surface area contributed by atoms with Gasteiger partial charge in [0.15, 0.2) is 5.96 Å². The Morgan fingerprint density at radius 3 is 2.35 bits per heavy atom. The first-order valence-corrected chi connectivity index (χ1v) is 10.5. The summed E-state index contributed by atoms with van der Waals surface area (Å²) in [5, 5.41) is 6.60. The monoisotopic (exact) mass is 345 g/mol. The minimum absolute atomic E-state index is 0.361. The molecule has 0 radical (unpaired) electrons. The van der Waals surface area contributed by atoms with Gasteiger partial charge in [-0.1, -0.05) is 12.8 Å². The van der Waals surface area contributed by atoms with Crippen LogP contribution in [0.25, 0.3) is 0 Å². The average molecular weight is 346 g/mol. The average Bonchev–Trinajstić information content (AvgIpc) is 3.04. The van der Waals surface area contributed by atoms with Crippen LogP contribution < -0.4 is 15.4 Å². The van der Waals surface area contributed by atoms with Crippen molar-refractivity contribution in [3.8, 4) is 0 Å². The van der Waals surface area contributed by atoms with Gasteiger partial charge in [-0.25, -0.2) is 13.1 Å². The van der Waals surface area contributed by atoms with Crippen LogP contribution in [0.3, 0.4) is 0 Å². The molecule has 0 unspecified atom stereocenters. The van der Waals surface area contributed by atoms with Crippen molar-refractivity contribution in [3.63, 3.8) is 0 Å². The lowest BCUT2D eigenvalue weighted by atomic mass is 10.0. The van der Waals surface area contributed by atoms with Crippen LogP contribution in [0.1, 0.15) is 38.5 Å². The lowest BCUT2D eigenvalue weighted by Gasteiger charge is -2.36. The molecular weight excluding hydrogens is 314 g/mol. The van der Waals surface area contributed by atoms with Crippen molar-refractivity contribution in [1.82, 2.24) is 20.3 Å². The molecule has 2 fully saturated rings. The molecule has 1 aliphatic carbocycles. The second kappa shape index (κ2) is 8.84. The van der Waals surface area contributed by atoms with E-state index in [0.29, 0.717) is 19.1 Å². The molecule has 1 heterocycles. The Kier molecular flexibility index (Phi) is 7.10. The third-order valence-electron chi connectivity index (χ3n) is 4.72. The first-order chi connectivity index (χ1) is 11.0. The summed E-state index contributed by atoms with van der Waals surface area (Å²) in [5.41, 5.74) is 0. The van der Waals surface area contributed by atoms with E-state index in [1.807, 2.05) is 0 Å². The van der Waals surface area contributed by atoms with E-state index in [9.17, 15) is 8.42 Å². The minimum Gasteiger partial charge on any atom is -0.355 e. The summed E-state index contributed by atoms with van der Waals surface area (Å²) >= 11 is 0. The Morgan fingerprint density at radius 2 is 1.78 bits per heavy atom. The summed E-state index contributed by atoms with van der Waals surface area (Å²) in [6.45, 7) is 3.21. The molecule has 1 aliphatic heterocycles. The molecule has 2 aliphatic rings.